The van der Waals surface area contributed by atoms with Gasteiger partial charge in [-0.15, -0.1) is 0 Å². The Labute approximate surface area is 87.0 Å². The highest BCUT2D eigenvalue weighted by Crippen LogP contribution is 2.24. The van der Waals surface area contributed by atoms with Gasteiger partial charge in [-0.2, -0.15) is 0 Å². The second-order valence-electron chi connectivity index (χ2n) is 3.37. The second-order valence-corrected chi connectivity index (χ2v) is 4.16. The van der Waals surface area contributed by atoms with Crippen LogP contribution in [0.1, 0.15) is 24.0 Å². The molecule has 0 radical (unpaired) electrons. The smallest absolute Gasteiger partial charge is 0.0432 e. The molecule has 0 bridgehead atoms. The van der Waals surface area contributed by atoms with Crippen LogP contribution in [0.4, 0.5) is 0 Å². The van der Waals surface area contributed by atoms with E-state index in [-0.39, 0.29) is 0 Å². The highest BCUT2D eigenvalue weighted by molar-refractivity contribution is 9.10. The maximum atomic E-state index is 4.49. The standard InChI is InChI=1S/C11H12BrN/c1-8-4-2-5-9(11(8)12)10-6-3-7-13-10/h2,4-5H,3,6-7H2,1H3. The fraction of sp³-hybridized carbons (Fsp3) is 0.364. The molecule has 1 aliphatic heterocycles. The lowest BCUT2D eigenvalue weighted by molar-refractivity contribution is 0.951. The zero-order chi connectivity index (χ0) is 9.26. The number of halogens is 1. The predicted octanol–water partition coefficient (Wildman–Crippen LogP) is 3.34. The van der Waals surface area contributed by atoms with Crippen molar-refractivity contribution in [2.75, 3.05) is 6.54 Å². The number of nitrogens with zero attached hydrogens (tertiary/aromatic N) is 1. The van der Waals surface area contributed by atoms with Crippen molar-refractivity contribution in [1.82, 2.24) is 0 Å². The SMILES string of the molecule is Cc1cccc(C2=NCCC2)c1Br. The first-order valence-electron chi connectivity index (χ1n) is 4.58. The zero-order valence-corrected chi connectivity index (χ0v) is 9.26. The number of rotatable bonds is 1. The van der Waals surface area contributed by atoms with E-state index in [0.29, 0.717) is 0 Å². The van der Waals surface area contributed by atoms with Gasteiger partial charge in [0, 0.05) is 22.3 Å². The van der Waals surface area contributed by atoms with E-state index < -0.39 is 0 Å². The fourth-order valence-electron chi connectivity index (χ4n) is 1.63. The molecule has 0 fully saturated rings. The Morgan fingerprint density at radius 1 is 1.38 bits per heavy atom. The van der Waals surface area contributed by atoms with Crippen LogP contribution < -0.4 is 0 Å². The largest absolute Gasteiger partial charge is 0.289 e. The first-order chi connectivity index (χ1) is 6.29. The van der Waals surface area contributed by atoms with E-state index in [9.17, 15) is 0 Å². The first-order valence-corrected chi connectivity index (χ1v) is 5.37. The van der Waals surface area contributed by atoms with Gasteiger partial charge in [-0.3, -0.25) is 4.99 Å². The Hall–Kier alpha value is -0.630. The van der Waals surface area contributed by atoms with Crippen molar-refractivity contribution in [1.29, 1.82) is 0 Å². The van der Waals surface area contributed by atoms with Gasteiger partial charge in [0.15, 0.2) is 0 Å². The van der Waals surface area contributed by atoms with Crippen molar-refractivity contribution in [3.05, 3.63) is 33.8 Å². The van der Waals surface area contributed by atoms with Crippen LogP contribution in [0, 0.1) is 6.92 Å². The minimum atomic E-state index is 0.996. The summed E-state index contributed by atoms with van der Waals surface area (Å²) in [6.07, 6.45) is 2.33. The maximum absolute atomic E-state index is 4.49. The normalized spacial score (nSPS) is 16.0. The molecule has 0 saturated heterocycles. The number of benzene rings is 1. The van der Waals surface area contributed by atoms with Crippen molar-refractivity contribution >= 4 is 21.6 Å². The van der Waals surface area contributed by atoms with Crippen LogP contribution in [0.3, 0.4) is 0 Å². The van der Waals surface area contributed by atoms with E-state index in [1.807, 2.05) is 0 Å². The Morgan fingerprint density at radius 3 is 2.92 bits per heavy atom. The molecule has 1 aliphatic rings. The molecule has 0 atom stereocenters. The van der Waals surface area contributed by atoms with Crippen molar-refractivity contribution in [2.24, 2.45) is 4.99 Å². The first kappa shape index (κ1) is 8.95. The van der Waals surface area contributed by atoms with Crippen molar-refractivity contribution in [3.8, 4) is 0 Å². The van der Waals surface area contributed by atoms with Gasteiger partial charge in [0.05, 0.1) is 0 Å². The Kier molecular flexibility index (Phi) is 2.49. The lowest BCUT2D eigenvalue weighted by Gasteiger charge is -2.05. The molecule has 1 nitrogen and oxygen atoms in total. The van der Waals surface area contributed by atoms with E-state index in [1.165, 1.54) is 27.7 Å². The monoisotopic (exact) mass is 237 g/mol. The van der Waals surface area contributed by atoms with Gasteiger partial charge in [0.25, 0.3) is 0 Å². The number of hydrogen-bond donors (Lipinski definition) is 0. The summed E-state index contributed by atoms with van der Waals surface area (Å²) in [5, 5.41) is 0. The van der Waals surface area contributed by atoms with Gasteiger partial charge in [0.1, 0.15) is 0 Å². The van der Waals surface area contributed by atoms with Crippen molar-refractivity contribution in [2.45, 2.75) is 19.8 Å². The lowest BCUT2D eigenvalue weighted by Crippen LogP contribution is -1.98. The van der Waals surface area contributed by atoms with Gasteiger partial charge < -0.3 is 0 Å². The van der Waals surface area contributed by atoms with Crippen LogP contribution in [-0.4, -0.2) is 12.3 Å². The van der Waals surface area contributed by atoms with Crippen LogP contribution >= 0.6 is 15.9 Å². The molecule has 0 N–H and O–H groups in total. The minimum absolute atomic E-state index is 0.996. The number of aryl methyl sites for hydroxylation is 1. The number of aliphatic imine (C=N–C) groups is 1. The summed E-state index contributed by atoms with van der Waals surface area (Å²) in [5.74, 6) is 0. The summed E-state index contributed by atoms with van der Waals surface area (Å²) in [5.41, 5.74) is 3.82. The van der Waals surface area contributed by atoms with Gasteiger partial charge in [-0.1, -0.05) is 18.2 Å². The van der Waals surface area contributed by atoms with E-state index in [0.717, 1.165) is 13.0 Å². The maximum Gasteiger partial charge on any atom is 0.0432 e. The van der Waals surface area contributed by atoms with E-state index >= 15 is 0 Å². The highest BCUT2D eigenvalue weighted by Gasteiger charge is 2.12. The molecule has 1 aromatic carbocycles. The molecule has 0 saturated carbocycles. The van der Waals surface area contributed by atoms with Gasteiger partial charge >= 0.3 is 0 Å². The molecular formula is C11H12BrN. The van der Waals surface area contributed by atoms with E-state index in [4.69, 9.17) is 0 Å². The Bertz CT molecular complexity index is 355. The van der Waals surface area contributed by atoms with E-state index in [1.54, 1.807) is 0 Å². The van der Waals surface area contributed by atoms with Crippen LogP contribution in [0.2, 0.25) is 0 Å². The molecule has 68 valence electrons. The molecule has 1 heterocycles. The van der Waals surface area contributed by atoms with Crippen LogP contribution in [0.15, 0.2) is 27.7 Å². The van der Waals surface area contributed by atoms with Gasteiger partial charge in [-0.25, -0.2) is 0 Å². The predicted molar refractivity (Wildman–Crippen MR) is 59.5 cm³/mol. The Balaban J connectivity index is 2.45. The topological polar surface area (TPSA) is 12.4 Å². The summed E-state index contributed by atoms with van der Waals surface area (Å²) in [6.45, 7) is 3.11. The third kappa shape index (κ3) is 1.68. The molecule has 0 amide bonds. The molecule has 0 spiro atoms. The molecule has 0 aromatic heterocycles. The highest BCUT2D eigenvalue weighted by atomic mass is 79.9. The lowest BCUT2D eigenvalue weighted by atomic mass is 10.1. The van der Waals surface area contributed by atoms with Crippen LogP contribution in [0.25, 0.3) is 0 Å². The van der Waals surface area contributed by atoms with E-state index in [2.05, 4.69) is 46.0 Å². The summed E-state index contributed by atoms with van der Waals surface area (Å²) in [6, 6.07) is 6.35. The second kappa shape index (κ2) is 3.62. The quantitative estimate of drug-likeness (QED) is 0.711. The van der Waals surface area contributed by atoms with Gasteiger partial charge in [-0.05, 0) is 41.3 Å². The zero-order valence-electron chi connectivity index (χ0n) is 7.68. The fourth-order valence-corrected chi connectivity index (χ4v) is 2.12. The average Bonchev–Trinajstić information content (AvgIpc) is 2.62. The molecule has 13 heavy (non-hydrogen) atoms. The summed E-state index contributed by atoms with van der Waals surface area (Å²) >= 11 is 3.61. The number of hydrogen-bond acceptors (Lipinski definition) is 1. The average molecular weight is 238 g/mol. The summed E-state index contributed by atoms with van der Waals surface area (Å²) < 4.78 is 1.20. The molecule has 2 rings (SSSR count). The molecule has 2 heteroatoms. The minimum Gasteiger partial charge on any atom is -0.289 e. The third-order valence-electron chi connectivity index (χ3n) is 2.38. The summed E-state index contributed by atoms with van der Waals surface area (Å²) in [4.78, 5) is 4.49. The van der Waals surface area contributed by atoms with Crippen LogP contribution in [0.5, 0.6) is 0 Å². The summed E-state index contributed by atoms with van der Waals surface area (Å²) in [7, 11) is 0. The van der Waals surface area contributed by atoms with Gasteiger partial charge in [0.2, 0.25) is 0 Å². The van der Waals surface area contributed by atoms with Crippen LogP contribution in [-0.2, 0) is 0 Å². The molecule has 0 aliphatic carbocycles. The Morgan fingerprint density at radius 2 is 2.23 bits per heavy atom. The molecular weight excluding hydrogens is 226 g/mol. The molecule has 1 aromatic rings. The third-order valence-corrected chi connectivity index (χ3v) is 3.43. The molecule has 0 unspecified atom stereocenters. The van der Waals surface area contributed by atoms with Crippen molar-refractivity contribution < 1.29 is 0 Å². The van der Waals surface area contributed by atoms with Crippen molar-refractivity contribution in [3.63, 3.8) is 0 Å².